The summed E-state index contributed by atoms with van der Waals surface area (Å²) in [7, 11) is -3.99. The van der Waals surface area contributed by atoms with Crippen molar-refractivity contribution in [3.63, 3.8) is 0 Å². The maximum atomic E-state index is 14.8. The third-order valence-electron chi connectivity index (χ3n) is 5.00. The van der Waals surface area contributed by atoms with Gasteiger partial charge in [-0.25, -0.2) is 22.2 Å². The number of amides is 1. The highest BCUT2D eigenvalue weighted by molar-refractivity contribution is 7.89. The summed E-state index contributed by atoms with van der Waals surface area (Å²) in [5.74, 6) is -2.45. The number of nitrogens with zero attached hydrogens (tertiary/aromatic N) is 2. The lowest BCUT2D eigenvalue weighted by Crippen LogP contribution is -2.37. The van der Waals surface area contributed by atoms with E-state index in [4.69, 9.17) is 0 Å². The number of alkyl halides is 4. The zero-order chi connectivity index (χ0) is 24.8. The SMILES string of the molecule is CS(=O)(=O)NC(=O)C1=CC=C(n2nc(-c3cccc(C(F)(F)F)c3)c3ccccc32)C(=O)C1F. The van der Waals surface area contributed by atoms with Crippen LogP contribution in [-0.4, -0.2) is 42.3 Å². The minimum atomic E-state index is -4.58. The van der Waals surface area contributed by atoms with E-state index in [1.54, 1.807) is 29.0 Å². The first-order valence-corrected chi connectivity index (χ1v) is 11.5. The average Bonchev–Trinajstić information content (AvgIpc) is 3.13. The predicted octanol–water partition coefficient (Wildman–Crippen LogP) is 3.49. The van der Waals surface area contributed by atoms with Crippen LogP contribution in [0, 0.1) is 0 Å². The van der Waals surface area contributed by atoms with Gasteiger partial charge in [0.2, 0.25) is 15.8 Å². The van der Waals surface area contributed by atoms with E-state index in [9.17, 15) is 35.6 Å². The van der Waals surface area contributed by atoms with Gasteiger partial charge in [0.25, 0.3) is 5.91 Å². The van der Waals surface area contributed by atoms with Crippen molar-refractivity contribution in [2.45, 2.75) is 12.3 Å². The number of carbonyl (C=O) groups is 2. The lowest BCUT2D eigenvalue weighted by Gasteiger charge is -2.17. The summed E-state index contributed by atoms with van der Waals surface area (Å²) in [6, 6.07) is 10.9. The fourth-order valence-corrected chi connectivity index (χ4v) is 3.96. The van der Waals surface area contributed by atoms with Gasteiger partial charge in [-0.1, -0.05) is 30.3 Å². The summed E-state index contributed by atoms with van der Waals surface area (Å²) in [6.07, 6.45) is -4.28. The fourth-order valence-electron chi connectivity index (χ4n) is 3.51. The smallest absolute Gasteiger partial charge is 0.289 e. The third-order valence-corrected chi connectivity index (χ3v) is 5.55. The van der Waals surface area contributed by atoms with E-state index in [0.717, 1.165) is 29.0 Å². The van der Waals surface area contributed by atoms with E-state index in [1.165, 1.54) is 12.1 Å². The normalized spacial score (nSPS) is 16.9. The van der Waals surface area contributed by atoms with E-state index in [-0.39, 0.29) is 17.0 Å². The van der Waals surface area contributed by atoms with E-state index < -0.39 is 45.2 Å². The van der Waals surface area contributed by atoms with E-state index in [2.05, 4.69) is 5.10 Å². The summed E-state index contributed by atoms with van der Waals surface area (Å²) in [5.41, 5.74) is -1.28. The first kappa shape index (κ1) is 23.4. The largest absolute Gasteiger partial charge is 0.416 e. The zero-order valence-electron chi connectivity index (χ0n) is 17.3. The van der Waals surface area contributed by atoms with Crippen LogP contribution < -0.4 is 4.72 Å². The van der Waals surface area contributed by atoms with Crippen molar-refractivity contribution in [2.24, 2.45) is 0 Å². The van der Waals surface area contributed by atoms with Crippen molar-refractivity contribution in [2.75, 3.05) is 6.26 Å². The highest BCUT2D eigenvalue weighted by Gasteiger charge is 2.35. The van der Waals surface area contributed by atoms with Crippen LogP contribution >= 0.6 is 0 Å². The third kappa shape index (κ3) is 4.36. The van der Waals surface area contributed by atoms with Crippen LogP contribution in [0.3, 0.4) is 0 Å². The van der Waals surface area contributed by atoms with Gasteiger partial charge in [-0.2, -0.15) is 18.3 Å². The van der Waals surface area contributed by atoms with Crippen molar-refractivity contribution < 1.29 is 35.6 Å². The number of rotatable bonds is 4. The molecule has 0 saturated carbocycles. The molecule has 3 aromatic rings. The molecule has 1 aliphatic rings. The number of nitrogens with one attached hydrogen (secondary N) is 1. The van der Waals surface area contributed by atoms with Gasteiger partial charge in [-0.15, -0.1) is 0 Å². The molecule has 1 atom stereocenters. The lowest BCUT2D eigenvalue weighted by molar-refractivity contribution is -0.137. The number of benzene rings is 2. The maximum Gasteiger partial charge on any atom is 0.416 e. The topological polar surface area (TPSA) is 98.1 Å². The Morgan fingerprint density at radius 3 is 2.47 bits per heavy atom. The molecule has 1 N–H and O–H groups in total. The molecule has 4 rings (SSSR count). The van der Waals surface area contributed by atoms with Gasteiger partial charge >= 0.3 is 6.18 Å². The number of hydrogen-bond donors (Lipinski definition) is 1. The fraction of sp³-hybridized carbons (Fsp3) is 0.136. The molecule has 0 aliphatic heterocycles. The van der Waals surface area contributed by atoms with Crippen LogP contribution in [-0.2, 0) is 25.8 Å². The number of hydrogen-bond acceptors (Lipinski definition) is 5. The van der Waals surface area contributed by atoms with Crippen molar-refractivity contribution >= 4 is 38.3 Å². The second-order valence-electron chi connectivity index (χ2n) is 7.46. The standard InChI is InChI=1S/C22H15F4N3O4S/c1-34(32,33)28-21(31)15-9-10-17(20(30)18(15)23)29-16-8-3-2-7-14(16)19(27-29)12-5-4-6-13(11-12)22(24,25)26/h2-11,18H,1H3,(H,28,31). The van der Waals surface area contributed by atoms with Crippen LogP contribution in [0.4, 0.5) is 17.6 Å². The van der Waals surface area contributed by atoms with Gasteiger partial charge in [0.15, 0.2) is 6.17 Å². The van der Waals surface area contributed by atoms with Gasteiger partial charge in [-0.05, 0) is 30.4 Å². The summed E-state index contributed by atoms with van der Waals surface area (Å²) >= 11 is 0. The first-order valence-electron chi connectivity index (χ1n) is 9.65. The molecule has 1 heterocycles. The molecule has 0 spiro atoms. The molecule has 34 heavy (non-hydrogen) atoms. The van der Waals surface area contributed by atoms with Gasteiger partial charge in [-0.3, -0.25) is 9.59 Å². The Hall–Kier alpha value is -3.80. The molecule has 12 heteroatoms. The van der Waals surface area contributed by atoms with Crippen LogP contribution in [0.5, 0.6) is 0 Å². The molecule has 1 aliphatic carbocycles. The Balaban J connectivity index is 1.84. The summed E-state index contributed by atoms with van der Waals surface area (Å²) in [4.78, 5) is 24.8. The Labute approximate surface area is 190 Å². The Morgan fingerprint density at radius 2 is 1.79 bits per heavy atom. The van der Waals surface area contributed by atoms with Gasteiger partial charge in [0, 0.05) is 10.9 Å². The minimum Gasteiger partial charge on any atom is -0.289 e. The number of ketones is 1. The summed E-state index contributed by atoms with van der Waals surface area (Å²) in [6.45, 7) is 0. The molecule has 0 bridgehead atoms. The Morgan fingerprint density at radius 1 is 1.09 bits per heavy atom. The second-order valence-corrected chi connectivity index (χ2v) is 9.21. The second kappa shape index (κ2) is 8.20. The zero-order valence-corrected chi connectivity index (χ0v) is 18.1. The van der Waals surface area contributed by atoms with Crippen LogP contribution in [0.25, 0.3) is 27.9 Å². The molecule has 1 amide bonds. The van der Waals surface area contributed by atoms with Crippen molar-refractivity contribution in [1.29, 1.82) is 0 Å². The predicted molar refractivity (Wildman–Crippen MR) is 115 cm³/mol. The number of fused-ring (bicyclic) bond motifs is 1. The first-order chi connectivity index (χ1) is 15.9. The molecule has 176 valence electrons. The lowest BCUT2D eigenvalue weighted by atomic mass is 9.98. The number of para-hydroxylation sites is 1. The quantitative estimate of drug-likeness (QED) is 0.562. The molecule has 1 unspecified atom stereocenters. The Kier molecular flexibility index (Phi) is 5.64. The minimum absolute atomic E-state index is 0.134. The van der Waals surface area contributed by atoms with E-state index in [0.29, 0.717) is 17.2 Å². The molecule has 1 aromatic heterocycles. The van der Waals surface area contributed by atoms with Gasteiger partial charge in [0.05, 0.1) is 22.9 Å². The molecule has 0 fully saturated rings. The number of sulfonamides is 1. The van der Waals surface area contributed by atoms with Crippen molar-refractivity contribution in [3.05, 3.63) is 71.8 Å². The van der Waals surface area contributed by atoms with Crippen LogP contribution in [0.2, 0.25) is 0 Å². The number of aromatic nitrogens is 2. The highest BCUT2D eigenvalue weighted by Crippen LogP contribution is 2.35. The summed E-state index contributed by atoms with van der Waals surface area (Å²) in [5, 5.41) is 4.70. The van der Waals surface area contributed by atoms with Gasteiger partial charge < -0.3 is 0 Å². The summed E-state index contributed by atoms with van der Waals surface area (Å²) < 4.78 is 79.6. The molecule has 0 saturated heterocycles. The van der Waals surface area contributed by atoms with E-state index in [1.807, 2.05) is 0 Å². The molecule has 2 aromatic carbocycles. The molecule has 7 nitrogen and oxygen atoms in total. The maximum absolute atomic E-state index is 14.8. The monoisotopic (exact) mass is 493 g/mol. The molecular weight excluding hydrogens is 478 g/mol. The number of allylic oxidation sites excluding steroid dienone is 3. The number of carbonyl (C=O) groups excluding carboxylic acids is 2. The number of halogens is 4. The molecule has 0 radical (unpaired) electrons. The number of Topliss-reactive ketones (excluding diaryl/α,β-unsaturated/α-hetero) is 1. The van der Waals surface area contributed by atoms with Gasteiger partial charge in [0.1, 0.15) is 11.4 Å². The molecular formula is C22H15F4N3O4S. The van der Waals surface area contributed by atoms with Crippen LogP contribution in [0.15, 0.2) is 66.3 Å². The Bertz CT molecular complexity index is 1500. The van der Waals surface area contributed by atoms with Crippen LogP contribution in [0.1, 0.15) is 5.56 Å². The highest BCUT2D eigenvalue weighted by atomic mass is 32.2. The average molecular weight is 493 g/mol. The van der Waals surface area contributed by atoms with E-state index >= 15 is 0 Å². The van der Waals surface area contributed by atoms with Crippen molar-refractivity contribution in [3.8, 4) is 11.3 Å². The van der Waals surface area contributed by atoms with Crippen molar-refractivity contribution in [1.82, 2.24) is 14.5 Å².